The molecule has 3 rings (SSSR count). The standard InChI is InChI=1S/C23H29BrN2O4/c1-3-29-21-13-16(14-25-17-8-4-5-9-17)12-18(24)23(21)30-15-22(27)26-19-10-6-7-11-20(19)28-2/h6-7,10-13,17,25H,3-5,8-9,14-15H2,1-2H3,(H,26,27). The number of hydrogen-bond donors (Lipinski definition) is 2. The van der Waals surface area contributed by atoms with Gasteiger partial charge in [-0.25, -0.2) is 0 Å². The number of anilines is 1. The molecule has 1 fully saturated rings. The van der Waals surface area contributed by atoms with E-state index in [0.717, 1.165) is 16.6 Å². The molecule has 1 saturated carbocycles. The van der Waals surface area contributed by atoms with E-state index in [4.69, 9.17) is 14.2 Å². The summed E-state index contributed by atoms with van der Waals surface area (Å²) in [5.41, 5.74) is 1.72. The summed E-state index contributed by atoms with van der Waals surface area (Å²) in [4.78, 5) is 12.4. The Morgan fingerprint density at radius 1 is 1.13 bits per heavy atom. The lowest BCUT2D eigenvalue weighted by Crippen LogP contribution is -2.25. The van der Waals surface area contributed by atoms with Crippen LogP contribution < -0.4 is 24.8 Å². The van der Waals surface area contributed by atoms with E-state index in [2.05, 4.69) is 26.6 Å². The lowest BCUT2D eigenvalue weighted by atomic mass is 10.1. The topological polar surface area (TPSA) is 68.8 Å². The van der Waals surface area contributed by atoms with Crippen molar-refractivity contribution in [2.45, 2.75) is 45.2 Å². The number of ether oxygens (including phenoxy) is 3. The molecule has 30 heavy (non-hydrogen) atoms. The van der Waals surface area contributed by atoms with Gasteiger partial charge in [0.05, 0.1) is 23.9 Å². The molecule has 0 aliphatic heterocycles. The quantitative estimate of drug-likeness (QED) is 0.509. The molecule has 2 N–H and O–H groups in total. The summed E-state index contributed by atoms with van der Waals surface area (Å²) in [7, 11) is 1.57. The van der Waals surface area contributed by atoms with Crippen LogP contribution in [0.15, 0.2) is 40.9 Å². The third-order valence-electron chi connectivity index (χ3n) is 5.05. The Hall–Kier alpha value is -2.25. The highest BCUT2D eigenvalue weighted by molar-refractivity contribution is 9.10. The molecule has 0 atom stereocenters. The molecule has 1 aliphatic rings. The van der Waals surface area contributed by atoms with E-state index in [-0.39, 0.29) is 12.5 Å². The molecular weight excluding hydrogens is 448 g/mol. The second-order valence-electron chi connectivity index (χ2n) is 7.24. The third kappa shape index (κ3) is 6.12. The highest BCUT2D eigenvalue weighted by atomic mass is 79.9. The summed E-state index contributed by atoms with van der Waals surface area (Å²) in [6.07, 6.45) is 5.08. The van der Waals surface area contributed by atoms with E-state index in [1.807, 2.05) is 31.2 Å². The fraction of sp³-hybridized carbons (Fsp3) is 0.435. The molecule has 2 aromatic carbocycles. The average molecular weight is 477 g/mol. The Morgan fingerprint density at radius 3 is 2.63 bits per heavy atom. The van der Waals surface area contributed by atoms with E-state index in [9.17, 15) is 4.79 Å². The van der Waals surface area contributed by atoms with Crippen molar-refractivity contribution in [1.29, 1.82) is 0 Å². The smallest absolute Gasteiger partial charge is 0.262 e. The second kappa shape index (κ2) is 11.2. The van der Waals surface area contributed by atoms with E-state index in [0.29, 0.717) is 35.6 Å². The van der Waals surface area contributed by atoms with Crippen molar-refractivity contribution in [3.8, 4) is 17.2 Å². The van der Waals surface area contributed by atoms with Crippen molar-refractivity contribution >= 4 is 27.5 Å². The third-order valence-corrected chi connectivity index (χ3v) is 5.64. The number of carbonyl (C=O) groups excluding carboxylic acids is 1. The zero-order valence-electron chi connectivity index (χ0n) is 17.5. The molecule has 2 aromatic rings. The van der Waals surface area contributed by atoms with Gasteiger partial charge in [0.15, 0.2) is 18.1 Å². The van der Waals surface area contributed by atoms with E-state index >= 15 is 0 Å². The van der Waals surface area contributed by atoms with Crippen LogP contribution in [0.5, 0.6) is 17.2 Å². The second-order valence-corrected chi connectivity index (χ2v) is 8.09. The summed E-state index contributed by atoms with van der Waals surface area (Å²) in [5.74, 6) is 1.47. The Morgan fingerprint density at radius 2 is 1.90 bits per heavy atom. The first kappa shape index (κ1) is 22.4. The van der Waals surface area contributed by atoms with Crippen LogP contribution in [0.2, 0.25) is 0 Å². The number of hydrogen-bond acceptors (Lipinski definition) is 5. The first-order valence-electron chi connectivity index (χ1n) is 10.3. The number of halogens is 1. The van der Waals surface area contributed by atoms with Crippen molar-refractivity contribution in [2.75, 3.05) is 25.6 Å². The molecule has 1 aliphatic carbocycles. The largest absolute Gasteiger partial charge is 0.495 e. The lowest BCUT2D eigenvalue weighted by Gasteiger charge is -2.17. The van der Waals surface area contributed by atoms with Crippen LogP contribution in [0.1, 0.15) is 38.2 Å². The molecule has 0 unspecified atom stereocenters. The minimum absolute atomic E-state index is 0.142. The highest BCUT2D eigenvalue weighted by Crippen LogP contribution is 2.37. The van der Waals surface area contributed by atoms with Crippen LogP contribution in [0, 0.1) is 0 Å². The van der Waals surface area contributed by atoms with Gasteiger partial charge in [-0.15, -0.1) is 0 Å². The molecule has 0 heterocycles. The molecule has 162 valence electrons. The molecule has 6 nitrogen and oxygen atoms in total. The van der Waals surface area contributed by atoms with Crippen molar-refractivity contribution in [2.24, 2.45) is 0 Å². The average Bonchev–Trinajstić information content (AvgIpc) is 3.26. The van der Waals surface area contributed by atoms with Crippen LogP contribution in [-0.4, -0.2) is 32.3 Å². The number of para-hydroxylation sites is 2. The summed E-state index contributed by atoms with van der Waals surface area (Å²) in [5, 5.41) is 6.42. The van der Waals surface area contributed by atoms with Crippen molar-refractivity contribution in [3.63, 3.8) is 0 Å². The first-order chi connectivity index (χ1) is 14.6. The predicted octanol–water partition coefficient (Wildman–Crippen LogP) is 4.91. The maximum absolute atomic E-state index is 12.4. The van der Waals surface area contributed by atoms with Crippen LogP contribution in [-0.2, 0) is 11.3 Å². The minimum Gasteiger partial charge on any atom is -0.495 e. The number of benzene rings is 2. The minimum atomic E-state index is -0.277. The lowest BCUT2D eigenvalue weighted by molar-refractivity contribution is -0.118. The van der Waals surface area contributed by atoms with Gasteiger partial charge >= 0.3 is 0 Å². The van der Waals surface area contributed by atoms with Gasteiger partial charge in [-0.2, -0.15) is 0 Å². The fourth-order valence-electron chi connectivity index (χ4n) is 3.59. The molecule has 0 radical (unpaired) electrons. The zero-order chi connectivity index (χ0) is 21.3. The highest BCUT2D eigenvalue weighted by Gasteiger charge is 2.17. The number of amides is 1. The molecule has 1 amide bonds. The van der Waals surface area contributed by atoms with Crippen LogP contribution in [0.4, 0.5) is 5.69 Å². The van der Waals surface area contributed by atoms with Crippen LogP contribution in [0.3, 0.4) is 0 Å². The monoisotopic (exact) mass is 476 g/mol. The van der Waals surface area contributed by atoms with Crippen molar-refractivity contribution in [1.82, 2.24) is 5.32 Å². The summed E-state index contributed by atoms with van der Waals surface area (Å²) < 4.78 is 17.6. The molecular formula is C23H29BrN2O4. The van der Waals surface area contributed by atoms with Gasteiger partial charge in [0, 0.05) is 12.6 Å². The fourth-order valence-corrected chi connectivity index (χ4v) is 4.19. The molecule has 0 bridgehead atoms. The number of carbonyl (C=O) groups is 1. The van der Waals surface area contributed by atoms with Gasteiger partial charge in [-0.1, -0.05) is 25.0 Å². The molecule has 0 saturated heterocycles. The number of nitrogens with one attached hydrogen (secondary N) is 2. The zero-order valence-corrected chi connectivity index (χ0v) is 19.1. The molecule has 0 spiro atoms. The SMILES string of the molecule is CCOc1cc(CNC2CCCC2)cc(Br)c1OCC(=O)Nc1ccccc1OC. The van der Waals surface area contributed by atoms with Crippen molar-refractivity contribution < 1.29 is 19.0 Å². The summed E-state index contributed by atoms with van der Waals surface area (Å²) >= 11 is 3.58. The van der Waals surface area contributed by atoms with E-state index in [1.165, 1.54) is 25.7 Å². The van der Waals surface area contributed by atoms with Crippen molar-refractivity contribution in [3.05, 3.63) is 46.4 Å². The van der Waals surface area contributed by atoms with Crippen LogP contribution in [0.25, 0.3) is 0 Å². The summed E-state index contributed by atoms with van der Waals surface area (Å²) in [6.45, 7) is 3.07. The Bertz CT molecular complexity index is 853. The number of methoxy groups -OCH3 is 1. The van der Waals surface area contributed by atoms with Gasteiger partial charge in [-0.05, 0) is 65.5 Å². The first-order valence-corrected chi connectivity index (χ1v) is 11.1. The Balaban J connectivity index is 1.64. The van der Waals surface area contributed by atoms with E-state index < -0.39 is 0 Å². The van der Waals surface area contributed by atoms with Gasteiger partial charge in [-0.3, -0.25) is 4.79 Å². The summed E-state index contributed by atoms with van der Waals surface area (Å²) in [6, 6.07) is 11.8. The van der Waals surface area contributed by atoms with Gasteiger partial charge in [0.2, 0.25) is 0 Å². The Kier molecular flexibility index (Phi) is 8.39. The molecule has 0 aromatic heterocycles. The maximum atomic E-state index is 12.4. The van der Waals surface area contributed by atoms with E-state index in [1.54, 1.807) is 19.2 Å². The number of rotatable bonds is 10. The normalized spacial score (nSPS) is 13.8. The Labute approximate surface area is 186 Å². The predicted molar refractivity (Wildman–Crippen MR) is 122 cm³/mol. The van der Waals surface area contributed by atoms with Crippen LogP contribution >= 0.6 is 15.9 Å². The van der Waals surface area contributed by atoms with Gasteiger partial charge in [0.25, 0.3) is 5.91 Å². The molecule has 7 heteroatoms. The van der Waals surface area contributed by atoms with Gasteiger partial charge in [0.1, 0.15) is 5.75 Å². The van der Waals surface area contributed by atoms with Gasteiger partial charge < -0.3 is 24.8 Å². The maximum Gasteiger partial charge on any atom is 0.262 e.